The Labute approximate surface area is 412 Å². The maximum absolute atomic E-state index is 12.5. The van der Waals surface area contributed by atoms with E-state index in [0.717, 1.165) is 77.0 Å². The van der Waals surface area contributed by atoms with E-state index < -0.39 is 12.1 Å². The first-order chi connectivity index (χ1) is 32.5. The molecule has 0 radical (unpaired) electrons. The minimum Gasteiger partial charge on any atom is -0.466 e. The number of esters is 1. The van der Waals surface area contributed by atoms with Crippen LogP contribution in [0.3, 0.4) is 0 Å². The number of allylic oxidation sites excluding steroid dienone is 2. The molecule has 0 aliphatic carbocycles. The number of ether oxygens (including phenoxy) is 1. The molecule has 0 rings (SSSR count). The molecule has 0 spiro atoms. The van der Waals surface area contributed by atoms with Crippen molar-refractivity contribution in [1.82, 2.24) is 5.32 Å². The number of carbonyl (C=O) groups is 2. The Morgan fingerprint density at radius 2 is 0.712 bits per heavy atom. The van der Waals surface area contributed by atoms with E-state index in [1.807, 2.05) is 0 Å². The average Bonchev–Trinajstić information content (AvgIpc) is 3.32. The van der Waals surface area contributed by atoms with Gasteiger partial charge in [-0.25, -0.2) is 0 Å². The fourth-order valence-corrected chi connectivity index (χ4v) is 9.46. The summed E-state index contributed by atoms with van der Waals surface area (Å²) >= 11 is 0. The van der Waals surface area contributed by atoms with Gasteiger partial charge in [-0.05, 0) is 51.4 Å². The molecule has 0 aromatic rings. The molecule has 0 aliphatic heterocycles. The Bertz CT molecular complexity index is 986. The minimum absolute atomic E-state index is 0.0327. The second-order valence-corrected chi connectivity index (χ2v) is 20.7. The SMILES string of the molecule is CCCCCCCCCCCCCCCCCCCCCCCCCCCC(O)C(CO)NC(=O)CCCCCC/C=C\CCCCOC(=O)CCCCCCCCCCCCCCCC. The van der Waals surface area contributed by atoms with Gasteiger partial charge in [0.25, 0.3) is 0 Å². The van der Waals surface area contributed by atoms with Crippen LogP contribution in [-0.2, 0) is 14.3 Å². The van der Waals surface area contributed by atoms with E-state index in [0.29, 0.717) is 25.9 Å². The predicted molar refractivity (Wildman–Crippen MR) is 287 cm³/mol. The third kappa shape index (κ3) is 52.0. The van der Waals surface area contributed by atoms with Gasteiger partial charge < -0.3 is 20.3 Å². The van der Waals surface area contributed by atoms with Gasteiger partial charge in [0.2, 0.25) is 5.91 Å². The molecule has 2 atom stereocenters. The average molecular weight is 933 g/mol. The Hall–Kier alpha value is -1.40. The molecule has 0 aliphatic rings. The largest absolute Gasteiger partial charge is 0.466 e. The lowest BCUT2D eigenvalue weighted by atomic mass is 10.0. The maximum atomic E-state index is 12.5. The van der Waals surface area contributed by atoms with Crippen LogP contribution in [0.4, 0.5) is 0 Å². The zero-order chi connectivity index (χ0) is 47.9. The summed E-state index contributed by atoms with van der Waals surface area (Å²) < 4.78 is 5.44. The summed E-state index contributed by atoms with van der Waals surface area (Å²) in [5.74, 6) is -0.0991. The van der Waals surface area contributed by atoms with E-state index in [4.69, 9.17) is 4.74 Å². The molecule has 6 nitrogen and oxygen atoms in total. The van der Waals surface area contributed by atoms with E-state index in [-0.39, 0.29) is 18.5 Å². The van der Waals surface area contributed by atoms with Gasteiger partial charge >= 0.3 is 5.97 Å². The van der Waals surface area contributed by atoms with Crippen molar-refractivity contribution < 1.29 is 24.5 Å². The number of hydrogen-bond donors (Lipinski definition) is 3. The first-order valence-corrected chi connectivity index (χ1v) is 29.9. The minimum atomic E-state index is -0.686. The van der Waals surface area contributed by atoms with Crippen LogP contribution in [0.5, 0.6) is 0 Å². The van der Waals surface area contributed by atoms with Gasteiger partial charge in [0.05, 0.1) is 25.4 Å². The topological polar surface area (TPSA) is 95.9 Å². The van der Waals surface area contributed by atoms with Crippen molar-refractivity contribution in [3.8, 4) is 0 Å². The summed E-state index contributed by atoms with van der Waals surface area (Å²) in [6, 6.07) is -0.567. The van der Waals surface area contributed by atoms with Crippen LogP contribution in [0.1, 0.15) is 335 Å². The van der Waals surface area contributed by atoms with Crippen molar-refractivity contribution in [2.75, 3.05) is 13.2 Å². The molecule has 0 aromatic carbocycles. The predicted octanol–water partition coefficient (Wildman–Crippen LogP) is 18.5. The maximum Gasteiger partial charge on any atom is 0.305 e. The van der Waals surface area contributed by atoms with E-state index in [1.54, 1.807) is 0 Å². The van der Waals surface area contributed by atoms with Crippen molar-refractivity contribution in [2.24, 2.45) is 0 Å². The Balaban J connectivity index is 3.48. The number of carbonyl (C=O) groups excluding carboxylic acids is 2. The van der Waals surface area contributed by atoms with Gasteiger partial charge in [-0.2, -0.15) is 0 Å². The van der Waals surface area contributed by atoms with Crippen LogP contribution in [0.25, 0.3) is 0 Å². The molecule has 0 saturated carbocycles. The summed E-state index contributed by atoms with van der Waals surface area (Å²) in [4.78, 5) is 24.5. The molecule has 0 fully saturated rings. The molecule has 3 N–H and O–H groups in total. The molecular formula is C60H117NO5. The van der Waals surface area contributed by atoms with Crippen LogP contribution in [0.15, 0.2) is 12.2 Å². The molecule has 2 unspecified atom stereocenters. The Morgan fingerprint density at radius 3 is 1.08 bits per heavy atom. The fraction of sp³-hybridized carbons (Fsp3) is 0.933. The van der Waals surface area contributed by atoms with Crippen LogP contribution in [-0.4, -0.2) is 47.4 Å². The quantitative estimate of drug-likeness (QED) is 0.0321. The van der Waals surface area contributed by atoms with Crippen LogP contribution < -0.4 is 5.32 Å². The van der Waals surface area contributed by atoms with E-state index >= 15 is 0 Å². The monoisotopic (exact) mass is 932 g/mol. The lowest BCUT2D eigenvalue weighted by molar-refractivity contribution is -0.143. The van der Waals surface area contributed by atoms with Gasteiger partial charge in [0.1, 0.15) is 0 Å². The van der Waals surface area contributed by atoms with Crippen LogP contribution in [0, 0.1) is 0 Å². The van der Waals surface area contributed by atoms with E-state index in [9.17, 15) is 19.8 Å². The molecule has 392 valence electrons. The van der Waals surface area contributed by atoms with E-state index in [2.05, 4.69) is 31.3 Å². The molecular weight excluding hydrogens is 815 g/mol. The molecule has 0 saturated heterocycles. The highest BCUT2D eigenvalue weighted by molar-refractivity contribution is 5.76. The second-order valence-electron chi connectivity index (χ2n) is 20.7. The van der Waals surface area contributed by atoms with Gasteiger partial charge in [0.15, 0.2) is 0 Å². The number of unbranched alkanes of at least 4 members (excludes halogenated alkanes) is 43. The normalized spacial score (nSPS) is 12.6. The number of aliphatic hydroxyl groups excluding tert-OH is 2. The third-order valence-corrected chi connectivity index (χ3v) is 14.1. The molecule has 1 amide bonds. The second kappa shape index (κ2) is 56.2. The molecule has 6 heteroatoms. The standard InChI is InChI=1S/C60H117NO5/c1-3-5-7-9-11-13-15-17-19-20-21-22-23-24-25-26-27-28-29-30-32-36-40-44-48-52-58(63)57(56-62)61-59(64)53-49-45-41-37-34-35-39-43-47-51-55-66-60(65)54-50-46-42-38-33-31-18-16-14-12-10-8-6-4-2/h35,39,57-58,62-63H,3-34,36-38,40-56H2,1-2H3,(H,61,64)/b39-35-. The van der Waals surface area contributed by atoms with Crippen molar-refractivity contribution in [1.29, 1.82) is 0 Å². The summed E-state index contributed by atoms with van der Waals surface area (Å²) in [6.07, 6.45) is 66.5. The summed E-state index contributed by atoms with van der Waals surface area (Å²) in [7, 11) is 0. The van der Waals surface area contributed by atoms with Gasteiger partial charge in [-0.3, -0.25) is 9.59 Å². The number of hydrogen-bond acceptors (Lipinski definition) is 5. The number of nitrogens with one attached hydrogen (secondary N) is 1. The highest BCUT2D eigenvalue weighted by Crippen LogP contribution is 2.18. The van der Waals surface area contributed by atoms with Gasteiger partial charge in [0, 0.05) is 12.8 Å². The van der Waals surface area contributed by atoms with Gasteiger partial charge in [-0.15, -0.1) is 0 Å². The Kier molecular flexibility index (Phi) is 55.0. The smallest absolute Gasteiger partial charge is 0.305 e. The highest BCUT2D eigenvalue weighted by Gasteiger charge is 2.20. The molecule has 0 heterocycles. The first kappa shape index (κ1) is 64.6. The number of amides is 1. The molecule has 66 heavy (non-hydrogen) atoms. The lowest BCUT2D eigenvalue weighted by Gasteiger charge is -2.22. The summed E-state index contributed by atoms with van der Waals surface area (Å²) in [5.41, 5.74) is 0. The van der Waals surface area contributed by atoms with Crippen LogP contribution in [0.2, 0.25) is 0 Å². The summed E-state index contributed by atoms with van der Waals surface area (Å²) in [6.45, 7) is 4.89. The number of aliphatic hydroxyl groups is 2. The summed E-state index contributed by atoms with van der Waals surface area (Å²) in [5, 5.41) is 23.3. The zero-order valence-corrected chi connectivity index (χ0v) is 44.7. The Morgan fingerprint density at radius 1 is 0.409 bits per heavy atom. The van der Waals surface area contributed by atoms with E-state index in [1.165, 1.54) is 225 Å². The fourth-order valence-electron chi connectivity index (χ4n) is 9.46. The van der Waals surface area contributed by atoms with Gasteiger partial charge in [-0.1, -0.05) is 283 Å². The third-order valence-electron chi connectivity index (χ3n) is 14.1. The zero-order valence-electron chi connectivity index (χ0n) is 44.7. The van der Waals surface area contributed by atoms with Crippen molar-refractivity contribution in [2.45, 2.75) is 347 Å². The van der Waals surface area contributed by atoms with Crippen LogP contribution >= 0.6 is 0 Å². The lowest BCUT2D eigenvalue weighted by Crippen LogP contribution is -2.45. The molecule has 0 bridgehead atoms. The molecule has 0 aromatic heterocycles. The highest BCUT2D eigenvalue weighted by atomic mass is 16.5. The number of rotatable bonds is 56. The van der Waals surface area contributed by atoms with Crippen molar-refractivity contribution in [3.05, 3.63) is 12.2 Å². The van der Waals surface area contributed by atoms with Crippen molar-refractivity contribution >= 4 is 11.9 Å². The first-order valence-electron chi connectivity index (χ1n) is 29.9. The van der Waals surface area contributed by atoms with Crippen molar-refractivity contribution in [3.63, 3.8) is 0 Å².